The van der Waals surface area contributed by atoms with Crippen molar-refractivity contribution in [2.45, 2.75) is 25.8 Å². The predicted octanol–water partition coefficient (Wildman–Crippen LogP) is 3.14. The van der Waals surface area contributed by atoms with Gasteiger partial charge in [0.15, 0.2) is 0 Å². The van der Waals surface area contributed by atoms with Gasteiger partial charge in [0.05, 0.1) is 5.56 Å². The van der Waals surface area contributed by atoms with Crippen LogP contribution in [0.2, 0.25) is 0 Å². The molecular weight excluding hydrogens is 240 g/mol. The summed E-state index contributed by atoms with van der Waals surface area (Å²) in [6, 6.07) is 7.96. The molecule has 1 heterocycles. The minimum atomic E-state index is -0.937. The van der Waals surface area contributed by atoms with E-state index in [4.69, 9.17) is 0 Å². The van der Waals surface area contributed by atoms with E-state index in [0.29, 0.717) is 6.04 Å². The van der Waals surface area contributed by atoms with Gasteiger partial charge in [0.2, 0.25) is 0 Å². The Balaban J connectivity index is 2.01. The van der Waals surface area contributed by atoms with E-state index in [1.807, 2.05) is 24.3 Å². The molecule has 4 nitrogen and oxygen atoms in total. The summed E-state index contributed by atoms with van der Waals surface area (Å²) in [5.41, 5.74) is 0.253. The second-order valence-corrected chi connectivity index (χ2v) is 5.29. The van der Waals surface area contributed by atoms with Gasteiger partial charge >= 0.3 is 5.97 Å². The summed E-state index contributed by atoms with van der Waals surface area (Å²) in [6.07, 6.45) is 3.74. The van der Waals surface area contributed by atoms with Crippen LogP contribution in [0.15, 0.2) is 30.5 Å². The number of fused-ring (bicyclic) bond motifs is 1. The maximum absolute atomic E-state index is 11.2. The van der Waals surface area contributed by atoms with Crippen LogP contribution >= 0.6 is 0 Å². The smallest absolute Gasteiger partial charge is 0.337 e. The van der Waals surface area contributed by atoms with Crippen LogP contribution in [0.25, 0.3) is 10.8 Å². The van der Waals surface area contributed by atoms with Crippen molar-refractivity contribution in [3.8, 4) is 0 Å². The molecule has 1 aliphatic carbocycles. The summed E-state index contributed by atoms with van der Waals surface area (Å²) >= 11 is 0. The van der Waals surface area contributed by atoms with Crippen molar-refractivity contribution in [3.63, 3.8) is 0 Å². The highest BCUT2D eigenvalue weighted by Gasteiger charge is 2.26. The Labute approximate surface area is 111 Å². The second kappa shape index (κ2) is 4.53. The summed E-state index contributed by atoms with van der Waals surface area (Å²) in [6.45, 7) is 2.23. The van der Waals surface area contributed by atoms with Crippen LogP contribution in [0.1, 0.15) is 30.1 Å². The molecule has 0 amide bonds. The van der Waals surface area contributed by atoms with Crippen LogP contribution in [0.3, 0.4) is 0 Å². The summed E-state index contributed by atoms with van der Waals surface area (Å²) in [5, 5.41) is 14.2. The molecule has 19 heavy (non-hydrogen) atoms. The normalized spacial score (nSPS) is 21.9. The summed E-state index contributed by atoms with van der Waals surface area (Å²) in [4.78, 5) is 15.5. The number of rotatable bonds is 3. The molecule has 0 bridgehead atoms. The van der Waals surface area contributed by atoms with Gasteiger partial charge in [0, 0.05) is 23.0 Å². The molecule has 1 aromatic heterocycles. The molecule has 2 N–H and O–H groups in total. The fraction of sp³-hybridized carbons (Fsp3) is 0.333. The lowest BCUT2D eigenvalue weighted by atomic mass is 9.82. The lowest BCUT2D eigenvalue weighted by molar-refractivity contribution is 0.0698. The Bertz CT molecular complexity index is 633. The average molecular weight is 256 g/mol. The van der Waals surface area contributed by atoms with E-state index >= 15 is 0 Å². The predicted molar refractivity (Wildman–Crippen MR) is 74.5 cm³/mol. The number of pyridine rings is 1. The average Bonchev–Trinajstić information content (AvgIpc) is 2.36. The zero-order chi connectivity index (χ0) is 13.4. The third kappa shape index (κ3) is 2.14. The second-order valence-electron chi connectivity index (χ2n) is 5.29. The lowest BCUT2D eigenvalue weighted by Gasteiger charge is -2.34. The van der Waals surface area contributed by atoms with Gasteiger partial charge < -0.3 is 10.4 Å². The Morgan fingerprint density at radius 3 is 2.63 bits per heavy atom. The maximum Gasteiger partial charge on any atom is 0.337 e. The number of hydrogen-bond acceptors (Lipinski definition) is 3. The summed E-state index contributed by atoms with van der Waals surface area (Å²) in [7, 11) is 0. The molecule has 2 aromatic rings. The fourth-order valence-corrected chi connectivity index (χ4v) is 2.69. The summed E-state index contributed by atoms with van der Waals surface area (Å²) in [5.74, 6) is 0.618. The van der Waals surface area contributed by atoms with Crippen LogP contribution < -0.4 is 5.32 Å². The van der Waals surface area contributed by atoms with Gasteiger partial charge in [-0.05, 0) is 18.8 Å². The van der Waals surface area contributed by atoms with Crippen LogP contribution in [0.5, 0.6) is 0 Å². The molecular formula is C15H16N2O2. The molecule has 1 aromatic carbocycles. The van der Waals surface area contributed by atoms with E-state index in [0.717, 1.165) is 35.3 Å². The number of carboxylic acids is 1. The monoisotopic (exact) mass is 256 g/mol. The molecule has 1 aliphatic rings. The zero-order valence-corrected chi connectivity index (χ0v) is 10.8. The zero-order valence-electron chi connectivity index (χ0n) is 10.8. The topological polar surface area (TPSA) is 62.2 Å². The molecule has 1 fully saturated rings. The van der Waals surface area contributed by atoms with Gasteiger partial charge in [-0.2, -0.15) is 0 Å². The van der Waals surface area contributed by atoms with E-state index in [-0.39, 0.29) is 5.56 Å². The number of carboxylic acid groups (broad SMARTS) is 1. The molecule has 0 radical (unpaired) electrons. The van der Waals surface area contributed by atoms with Gasteiger partial charge in [-0.15, -0.1) is 0 Å². The van der Waals surface area contributed by atoms with Crippen molar-refractivity contribution >= 4 is 22.6 Å². The molecule has 98 valence electrons. The molecule has 4 heteroatoms. The quantitative estimate of drug-likeness (QED) is 0.885. The number of aromatic nitrogens is 1. The first-order chi connectivity index (χ1) is 9.15. The number of benzene rings is 1. The molecule has 3 rings (SSSR count). The van der Waals surface area contributed by atoms with Crippen molar-refractivity contribution in [2.75, 3.05) is 5.32 Å². The first-order valence-electron chi connectivity index (χ1n) is 6.52. The van der Waals surface area contributed by atoms with Gasteiger partial charge in [0.1, 0.15) is 5.82 Å². The highest BCUT2D eigenvalue weighted by Crippen LogP contribution is 2.31. The molecule has 0 saturated heterocycles. The molecule has 0 aliphatic heterocycles. The molecule has 0 spiro atoms. The van der Waals surface area contributed by atoms with E-state index in [1.54, 1.807) is 0 Å². The van der Waals surface area contributed by atoms with Gasteiger partial charge in [-0.3, -0.25) is 0 Å². The standard InChI is InChI=1S/C15H16N2O2/c1-9-6-10(7-9)17-14-12-5-3-2-4-11(12)13(8-16-14)15(18)19/h2-5,8-10H,6-7H2,1H3,(H,16,17)(H,18,19). The van der Waals surface area contributed by atoms with E-state index in [9.17, 15) is 9.90 Å². The minimum absolute atomic E-state index is 0.253. The molecule has 1 saturated carbocycles. The largest absolute Gasteiger partial charge is 0.478 e. The summed E-state index contributed by atoms with van der Waals surface area (Å²) < 4.78 is 0. The minimum Gasteiger partial charge on any atom is -0.478 e. The Hall–Kier alpha value is -2.10. The third-order valence-electron chi connectivity index (χ3n) is 3.74. The number of nitrogens with zero attached hydrogens (tertiary/aromatic N) is 1. The number of carbonyl (C=O) groups is 1. The Kier molecular flexibility index (Phi) is 2.85. The van der Waals surface area contributed by atoms with E-state index < -0.39 is 5.97 Å². The van der Waals surface area contributed by atoms with Gasteiger partial charge in [-0.1, -0.05) is 31.2 Å². The highest BCUT2D eigenvalue weighted by atomic mass is 16.4. The molecule has 0 atom stereocenters. The van der Waals surface area contributed by atoms with Gasteiger partial charge in [-0.25, -0.2) is 9.78 Å². The number of aromatic carboxylic acids is 1. The third-order valence-corrected chi connectivity index (χ3v) is 3.74. The van der Waals surface area contributed by atoms with Gasteiger partial charge in [0.25, 0.3) is 0 Å². The maximum atomic E-state index is 11.2. The first-order valence-corrected chi connectivity index (χ1v) is 6.52. The number of nitrogens with one attached hydrogen (secondary N) is 1. The fourth-order valence-electron chi connectivity index (χ4n) is 2.69. The van der Waals surface area contributed by atoms with Crippen molar-refractivity contribution in [2.24, 2.45) is 5.92 Å². The van der Waals surface area contributed by atoms with Crippen LogP contribution in [-0.4, -0.2) is 22.1 Å². The SMILES string of the molecule is CC1CC(Nc2ncc(C(=O)O)c3ccccc23)C1. The number of hydrogen-bond donors (Lipinski definition) is 2. The van der Waals surface area contributed by atoms with Crippen molar-refractivity contribution in [1.29, 1.82) is 0 Å². The van der Waals surface area contributed by atoms with Crippen LogP contribution in [-0.2, 0) is 0 Å². The lowest BCUT2D eigenvalue weighted by Crippen LogP contribution is -2.34. The van der Waals surface area contributed by atoms with Crippen LogP contribution in [0, 0.1) is 5.92 Å². The highest BCUT2D eigenvalue weighted by molar-refractivity contribution is 6.06. The molecule has 0 unspecified atom stereocenters. The van der Waals surface area contributed by atoms with Crippen molar-refractivity contribution in [3.05, 3.63) is 36.0 Å². The van der Waals surface area contributed by atoms with Crippen LogP contribution in [0.4, 0.5) is 5.82 Å². The van der Waals surface area contributed by atoms with E-state index in [1.165, 1.54) is 6.20 Å². The number of anilines is 1. The van der Waals surface area contributed by atoms with E-state index in [2.05, 4.69) is 17.2 Å². The van der Waals surface area contributed by atoms with Crippen molar-refractivity contribution < 1.29 is 9.90 Å². The first kappa shape index (κ1) is 12.0. The van der Waals surface area contributed by atoms with Crippen molar-refractivity contribution in [1.82, 2.24) is 4.98 Å². The Morgan fingerprint density at radius 1 is 1.32 bits per heavy atom. The Morgan fingerprint density at radius 2 is 2.00 bits per heavy atom.